The molecule has 1 aromatic carbocycles. The number of nitrogens with one attached hydrogen (secondary N) is 1. The van der Waals surface area contributed by atoms with Crippen LogP contribution in [0.1, 0.15) is 41.4 Å². The van der Waals surface area contributed by atoms with E-state index in [1.807, 2.05) is 16.8 Å². The lowest BCUT2D eigenvalue weighted by atomic mass is 9.82. The second kappa shape index (κ2) is 6.34. The molecule has 1 atom stereocenters. The summed E-state index contributed by atoms with van der Waals surface area (Å²) in [6, 6.07) is 3.59. The molecule has 0 unspecified atom stereocenters. The van der Waals surface area contributed by atoms with E-state index in [9.17, 15) is 14.7 Å². The number of carboxylic acid groups (broad SMARTS) is 1. The zero-order valence-corrected chi connectivity index (χ0v) is 16.2. The molecule has 2 aliphatic heterocycles. The zero-order valence-electron chi connectivity index (χ0n) is 16.2. The maximum Gasteiger partial charge on any atom is 0.341 e. The summed E-state index contributed by atoms with van der Waals surface area (Å²) in [6.45, 7) is 4.87. The van der Waals surface area contributed by atoms with Crippen LogP contribution < -0.4 is 10.2 Å². The van der Waals surface area contributed by atoms with Gasteiger partial charge in [-0.3, -0.25) is 9.89 Å². The third kappa shape index (κ3) is 2.61. The summed E-state index contributed by atoms with van der Waals surface area (Å²) in [5.41, 5.74) is 5.32. The number of aromatic carboxylic acids is 1. The number of carbonyl (C=O) groups is 1. The summed E-state index contributed by atoms with van der Waals surface area (Å²) in [5.74, 6) is -0.0248. The third-order valence-corrected chi connectivity index (χ3v) is 6.03. The SMILES string of the molecule is CC(C)[C@@H]1Cc2c(cc(-c3cn[nH]c3)c3c2CCO3)-c2cc(=O)c(C(=O)O)cn21. The highest BCUT2D eigenvalue weighted by molar-refractivity contribution is 5.88. The Balaban J connectivity index is 1.83. The summed E-state index contributed by atoms with van der Waals surface area (Å²) >= 11 is 0. The Kier molecular flexibility index (Phi) is 3.87. The van der Waals surface area contributed by atoms with Crippen molar-refractivity contribution in [1.82, 2.24) is 14.8 Å². The van der Waals surface area contributed by atoms with Crippen LogP contribution in [0.2, 0.25) is 0 Å². The van der Waals surface area contributed by atoms with Gasteiger partial charge in [0.1, 0.15) is 11.3 Å². The highest BCUT2D eigenvalue weighted by Gasteiger charge is 2.33. The van der Waals surface area contributed by atoms with Crippen LogP contribution in [0, 0.1) is 5.92 Å². The van der Waals surface area contributed by atoms with Crippen LogP contribution in [-0.2, 0) is 12.8 Å². The number of benzene rings is 1. The minimum absolute atomic E-state index is 0.0701. The highest BCUT2D eigenvalue weighted by atomic mass is 16.5. The lowest BCUT2D eigenvalue weighted by Crippen LogP contribution is -2.28. The number of carboxylic acids is 1. The van der Waals surface area contributed by atoms with Crippen LogP contribution in [0.5, 0.6) is 5.75 Å². The number of aromatic amines is 1. The first-order chi connectivity index (χ1) is 14.0. The Morgan fingerprint density at radius 2 is 2.14 bits per heavy atom. The Labute approximate surface area is 167 Å². The number of hydrogen-bond acceptors (Lipinski definition) is 4. The van der Waals surface area contributed by atoms with Gasteiger partial charge in [-0.15, -0.1) is 0 Å². The second-order valence-corrected chi connectivity index (χ2v) is 8.01. The van der Waals surface area contributed by atoms with Crippen LogP contribution in [0.4, 0.5) is 0 Å². The predicted molar refractivity (Wildman–Crippen MR) is 107 cm³/mol. The summed E-state index contributed by atoms with van der Waals surface area (Å²) < 4.78 is 7.96. The standard InChI is InChI=1S/C22H21N3O4/c1-11(2)18-6-15-13-3-4-29-21(13)14(12-8-23-24-9-12)5-16(15)19-7-20(26)17(22(27)28)10-25(18)19/h5,7-11,18H,3-4,6H2,1-2H3,(H,23,24)(H,27,28)/t18-/m0/s1. The molecule has 5 rings (SSSR count). The molecule has 29 heavy (non-hydrogen) atoms. The first kappa shape index (κ1) is 17.7. The molecule has 3 aromatic rings. The van der Waals surface area contributed by atoms with Gasteiger partial charge in [0.05, 0.1) is 18.5 Å². The van der Waals surface area contributed by atoms with Crippen LogP contribution in [-0.4, -0.2) is 32.4 Å². The van der Waals surface area contributed by atoms with Gasteiger partial charge in [0.2, 0.25) is 0 Å². The number of fused-ring (bicyclic) bond motifs is 5. The van der Waals surface area contributed by atoms with E-state index in [0.717, 1.165) is 41.0 Å². The van der Waals surface area contributed by atoms with Crippen molar-refractivity contribution >= 4 is 5.97 Å². The summed E-state index contributed by atoms with van der Waals surface area (Å²) in [4.78, 5) is 24.1. The fraction of sp³-hybridized carbons (Fsp3) is 0.318. The average Bonchev–Trinajstić information content (AvgIpc) is 3.38. The first-order valence-corrected chi connectivity index (χ1v) is 9.76. The van der Waals surface area contributed by atoms with E-state index in [1.165, 1.54) is 23.4 Å². The van der Waals surface area contributed by atoms with Gasteiger partial charge in [-0.2, -0.15) is 5.10 Å². The minimum atomic E-state index is -1.19. The maximum absolute atomic E-state index is 12.5. The molecular formula is C22H21N3O4. The number of hydrogen-bond donors (Lipinski definition) is 2. The van der Waals surface area contributed by atoms with E-state index < -0.39 is 11.4 Å². The van der Waals surface area contributed by atoms with Gasteiger partial charge >= 0.3 is 5.97 Å². The fourth-order valence-electron chi connectivity index (χ4n) is 4.58. The molecule has 7 heteroatoms. The average molecular weight is 391 g/mol. The number of H-pyrrole nitrogens is 1. The molecule has 2 aromatic heterocycles. The Bertz CT molecular complexity index is 1190. The number of aromatic nitrogens is 3. The van der Waals surface area contributed by atoms with Crippen molar-refractivity contribution in [3.05, 3.63) is 57.6 Å². The highest BCUT2D eigenvalue weighted by Crippen LogP contribution is 2.47. The molecule has 0 saturated carbocycles. The smallest absolute Gasteiger partial charge is 0.341 e. The molecular weight excluding hydrogens is 370 g/mol. The van der Waals surface area contributed by atoms with Crippen molar-refractivity contribution in [3.8, 4) is 28.1 Å². The molecule has 4 heterocycles. The van der Waals surface area contributed by atoms with Gasteiger partial charge in [0.15, 0.2) is 5.43 Å². The Hall–Kier alpha value is -3.35. The molecule has 2 N–H and O–H groups in total. The lowest BCUT2D eigenvalue weighted by Gasteiger charge is -2.34. The quantitative estimate of drug-likeness (QED) is 0.714. The largest absolute Gasteiger partial charge is 0.492 e. The number of pyridine rings is 1. The number of rotatable bonds is 3. The second-order valence-electron chi connectivity index (χ2n) is 8.01. The minimum Gasteiger partial charge on any atom is -0.492 e. The lowest BCUT2D eigenvalue weighted by molar-refractivity contribution is 0.0694. The van der Waals surface area contributed by atoms with Gasteiger partial charge in [0.25, 0.3) is 0 Å². The molecule has 0 saturated heterocycles. The van der Waals surface area contributed by atoms with Crippen LogP contribution >= 0.6 is 0 Å². The molecule has 148 valence electrons. The van der Waals surface area contributed by atoms with Gasteiger partial charge in [-0.1, -0.05) is 13.8 Å². The van der Waals surface area contributed by atoms with E-state index in [-0.39, 0.29) is 17.5 Å². The molecule has 2 aliphatic rings. The van der Waals surface area contributed by atoms with Crippen LogP contribution in [0.25, 0.3) is 22.4 Å². The molecule has 0 radical (unpaired) electrons. The summed E-state index contributed by atoms with van der Waals surface area (Å²) in [7, 11) is 0. The van der Waals surface area contributed by atoms with Gasteiger partial charge in [-0.25, -0.2) is 4.79 Å². The van der Waals surface area contributed by atoms with Crippen molar-refractivity contribution < 1.29 is 14.6 Å². The summed E-state index contributed by atoms with van der Waals surface area (Å²) in [6.07, 6.45) is 6.69. The molecule has 0 spiro atoms. The number of ether oxygens (including phenoxy) is 1. The maximum atomic E-state index is 12.5. The first-order valence-electron chi connectivity index (χ1n) is 9.76. The Morgan fingerprint density at radius 1 is 1.31 bits per heavy atom. The monoisotopic (exact) mass is 391 g/mol. The third-order valence-electron chi connectivity index (χ3n) is 6.03. The van der Waals surface area contributed by atoms with E-state index in [2.05, 4.69) is 24.0 Å². The topological polar surface area (TPSA) is 97.2 Å². The number of nitrogens with zero attached hydrogens (tertiary/aromatic N) is 2. The van der Waals surface area contributed by atoms with Gasteiger partial charge in [-0.05, 0) is 24.0 Å². The van der Waals surface area contributed by atoms with Crippen LogP contribution in [0.3, 0.4) is 0 Å². The summed E-state index contributed by atoms with van der Waals surface area (Å²) in [5, 5.41) is 16.3. The van der Waals surface area contributed by atoms with Crippen molar-refractivity contribution in [3.63, 3.8) is 0 Å². The molecule has 0 amide bonds. The van der Waals surface area contributed by atoms with Gasteiger partial charge < -0.3 is 14.4 Å². The van der Waals surface area contributed by atoms with Crippen molar-refractivity contribution in [2.45, 2.75) is 32.7 Å². The van der Waals surface area contributed by atoms with Crippen molar-refractivity contribution in [1.29, 1.82) is 0 Å². The van der Waals surface area contributed by atoms with E-state index in [4.69, 9.17) is 4.74 Å². The molecule has 0 fully saturated rings. The fourth-order valence-corrected chi connectivity index (χ4v) is 4.58. The normalized spacial score (nSPS) is 16.9. The van der Waals surface area contributed by atoms with Crippen molar-refractivity contribution in [2.24, 2.45) is 5.92 Å². The molecule has 0 bridgehead atoms. The van der Waals surface area contributed by atoms with Crippen LogP contribution in [0.15, 0.2) is 35.5 Å². The zero-order chi connectivity index (χ0) is 20.3. The van der Waals surface area contributed by atoms with Crippen molar-refractivity contribution in [2.75, 3.05) is 6.61 Å². The van der Waals surface area contributed by atoms with E-state index >= 15 is 0 Å². The van der Waals surface area contributed by atoms with E-state index in [1.54, 1.807) is 6.20 Å². The predicted octanol–water partition coefficient (Wildman–Crippen LogP) is 3.29. The van der Waals surface area contributed by atoms with Gasteiger partial charge in [0, 0.05) is 53.2 Å². The Morgan fingerprint density at radius 3 is 2.83 bits per heavy atom. The molecule has 0 aliphatic carbocycles. The van der Waals surface area contributed by atoms with E-state index in [0.29, 0.717) is 6.61 Å². The molecule has 7 nitrogen and oxygen atoms in total.